The highest BCUT2D eigenvalue weighted by Gasteiger charge is 2.22. The van der Waals surface area contributed by atoms with Crippen LogP contribution in [-0.2, 0) is 6.54 Å². The summed E-state index contributed by atoms with van der Waals surface area (Å²) in [6, 6.07) is 9.19. The summed E-state index contributed by atoms with van der Waals surface area (Å²) >= 11 is 0. The van der Waals surface area contributed by atoms with E-state index in [1.165, 1.54) is 24.8 Å². The number of ether oxygens (including phenoxy) is 1. The first kappa shape index (κ1) is 13.4. The molecule has 0 bridgehead atoms. The molecule has 2 heteroatoms. The van der Waals surface area contributed by atoms with Gasteiger partial charge in [0.05, 0.1) is 6.61 Å². The third-order valence-electron chi connectivity index (χ3n) is 3.83. The average molecular weight is 247 g/mol. The third-order valence-corrected chi connectivity index (χ3v) is 3.83. The van der Waals surface area contributed by atoms with Crippen molar-refractivity contribution in [1.82, 2.24) is 5.32 Å². The van der Waals surface area contributed by atoms with Gasteiger partial charge >= 0.3 is 0 Å². The zero-order valence-corrected chi connectivity index (χ0v) is 11.6. The van der Waals surface area contributed by atoms with Crippen LogP contribution in [0.5, 0.6) is 5.75 Å². The van der Waals surface area contributed by atoms with Crippen molar-refractivity contribution in [3.63, 3.8) is 0 Å². The van der Waals surface area contributed by atoms with Crippen LogP contribution in [0.1, 0.15) is 45.1 Å². The summed E-state index contributed by atoms with van der Waals surface area (Å²) in [6.45, 7) is 6.26. The highest BCUT2D eigenvalue weighted by Crippen LogP contribution is 2.25. The number of benzene rings is 1. The molecule has 0 spiro atoms. The topological polar surface area (TPSA) is 21.3 Å². The van der Waals surface area contributed by atoms with Crippen molar-refractivity contribution in [3.8, 4) is 5.75 Å². The lowest BCUT2D eigenvalue weighted by Crippen LogP contribution is -2.30. The van der Waals surface area contributed by atoms with Crippen LogP contribution in [0, 0.1) is 5.92 Å². The lowest BCUT2D eigenvalue weighted by molar-refractivity contribution is 0.317. The molecule has 1 saturated carbocycles. The van der Waals surface area contributed by atoms with Gasteiger partial charge in [0, 0.05) is 12.6 Å². The Bertz CT molecular complexity index is 347. The highest BCUT2D eigenvalue weighted by atomic mass is 16.5. The minimum absolute atomic E-state index is 0.709. The molecule has 2 nitrogen and oxygen atoms in total. The maximum atomic E-state index is 5.58. The summed E-state index contributed by atoms with van der Waals surface area (Å²) in [7, 11) is 0. The van der Waals surface area contributed by atoms with Crippen LogP contribution in [0.25, 0.3) is 0 Å². The first-order chi connectivity index (χ1) is 8.79. The molecule has 1 aliphatic rings. The normalized spacial score (nSPS) is 23.2. The van der Waals surface area contributed by atoms with Crippen LogP contribution in [0.3, 0.4) is 0 Å². The molecule has 0 amide bonds. The number of rotatable bonds is 6. The number of nitrogens with one attached hydrogen (secondary N) is 1. The first-order valence-electron chi connectivity index (χ1n) is 7.24. The second-order valence-corrected chi connectivity index (χ2v) is 5.39. The van der Waals surface area contributed by atoms with Crippen LogP contribution in [-0.4, -0.2) is 12.6 Å². The molecule has 0 aliphatic heterocycles. The second-order valence-electron chi connectivity index (χ2n) is 5.39. The van der Waals surface area contributed by atoms with Crippen LogP contribution >= 0.6 is 0 Å². The molecule has 1 fully saturated rings. The molecule has 0 saturated heterocycles. The summed E-state index contributed by atoms with van der Waals surface area (Å²) in [6.07, 6.45) is 5.14. The molecule has 1 aliphatic carbocycles. The van der Waals surface area contributed by atoms with E-state index in [4.69, 9.17) is 4.74 Å². The fraction of sp³-hybridized carbons (Fsp3) is 0.625. The van der Waals surface area contributed by atoms with E-state index < -0.39 is 0 Å². The molecule has 0 radical (unpaired) electrons. The fourth-order valence-corrected chi connectivity index (χ4v) is 2.62. The molecule has 1 N–H and O–H groups in total. The van der Waals surface area contributed by atoms with Crippen molar-refractivity contribution in [2.45, 2.75) is 52.1 Å². The van der Waals surface area contributed by atoms with E-state index in [2.05, 4.69) is 43.4 Å². The van der Waals surface area contributed by atoms with Gasteiger partial charge in [-0.05, 0) is 42.9 Å². The Hall–Kier alpha value is -1.02. The average Bonchev–Trinajstić information content (AvgIpc) is 2.81. The molecular weight excluding hydrogens is 222 g/mol. The van der Waals surface area contributed by atoms with E-state index in [0.717, 1.165) is 31.2 Å². The fourth-order valence-electron chi connectivity index (χ4n) is 2.62. The highest BCUT2D eigenvalue weighted by molar-refractivity contribution is 5.27. The molecular formula is C16H25NO. The van der Waals surface area contributed by atoms with Crippen LogP contribution in [0.4, 0.5) is 0 Å². The van der Waals surface area contributed by atoms with Crippen LogP contribution in [0.15, 0.2) is 24.3 Å². The molecule has 1 aromatic carbocycles. The van der Waals surface area contributed by atoms with Gasteiger partial charge in [-0.15, -0.1) is 0 Å². The van der Waals surface area contributed by atoms with Gasteiger partial charge in [0.2, 0.25) is 0 Å². The minimum atomic E-state index is 0.709. The van der Waals surface area contributed by atoms with E-state index in [1.807, 2.05) is 0 Å². The zero-order valence-electron chi connectivity index (χ0n) is 11.6. The molecule has 0 aromatic heterocycles. The standard InChI is InChI=1S/C16H25NO/c1-3-11-18-15-9-7-14(8-10-15)12-17-16-6-4-5-13(16)2/h7-10,13,16-17H,3-6,11-12H2,1-2H3. The number of hydrogen-bond donors (Lipinski definition) is 1. The second kappa shape index (κ2) is 6.79. The summed E-state index contributed by atoms with van der Waals surface area (Å²) in [4.78, 5) is 0. The quantitative estimate of drug-likeness (QED) is 0.826. The van der Waals surface area contributed by atoms with Gasteiger partial charge in [0.1, 0.15) is 5.75 Å². The molecule has 2 rings (SSSR count). The van der Waals surface area contributed by atoms with Crippen molar-refractivity contribution in [1.29, 1.82) is 0 Å². The van der Waals surface area contributed by atoms with Crippen molar-refractivity contribution in [2.75, 3.05) is 6.61 Å². The van der Waals surface area contributed by atoms with Gasteiger partial charge in [0.25, 0.3) is 0 Å². The van der Waals surface area contributed by atoms with Crippen molar-refractivity contribution in [2.24, 2.45) is 5.92 Å². The smallest absolute Gasteiger partial charge is 0.119 e. The maximum absolute atomic E-state index is 5.58. The predicted octanol–water partition coefficient (Wildman–Crippen LogP) is 3.75. The third kappa shape index (κ3) is 3.74. The van der Waals surface area contributed by atoms with E-state index in [0.29, 0.717) is 6.04 Å². The summed E-state index contributed by atoms with van der Waals surface area (Å²) in [5.74, 6) is 1.81. The van der Waals surface area contributed by atoms with E-state index in [9.17, 15) is 0 Å². The Morgan fingerprint density at radius 3 is 2.61 bits per heavy atom. The summed E-state index contributed by atoms with van der Waals surface area (Å²) in [5.41, 5.74) is 1.35. The molecule has 18 heavy (non-hydrogen) atoms. The SMILES string of the molecule is CCCOc1ccc(CNC2CCCC2C)cc1. The van der Waals surface area contributed by atoms with Gasteiger partial charge in [-0.2, -0.15) is 0 Å². The van der Waals surface area contributed by atoms with E-state index >= 15 is 0 Å². The first-order valence-corrected chi connectivity index (χ1v) is 7.24. The zero-order chi connectivity index (χ0) is 12.8. The molecule has 2 atom stereocenters. The van der Waals surface area contributed by atoms with Crippen molar-refractivity contribution < 1.29 is 4.74 Å². The lowest BCUT2D eigenvalue weighted by atomic mass is 10.1. The van der Waals surface area contributed by atoms with Crippen molar-refractivity contribution >= 4 is 0 Å². The van der Waals surface area contributed by atoms with Gasteiger partial charge < -0.3 is 10.1 Å². The minimum Gasteiger partial charge on any atom is -0.494 e. The van der Waals surface area contributed by atoms with Gasteiger partial charge in [-0.1, -0.05) is 32.4 Å². The molecule has 0 heterocycles. The number of hydrogen-bond acceptors (Lipinski definition) is 2. The van der Waals surface area contributed by atoms with E-state index in [1.54, 1.807) is 0 Å². The maximum Gasteiger partial charge on any atom is 0.119 e. The van der Waals surface area contributed by atoms with E-state index in [-0.39, 0.29) is 0 Å². The summed E-state index contributed by atoms with van der Waals surface area (Å²) < 4.78 is 5.58. The molecule has 100 valence electrons. The Morgan fingerprint density at radius 1 is 1.22 bits per heavy atom. The van der Waals surface area contributed by atoms with Gasteiger partial charge in [-0.25, -0.2) is 0 Å². The predicted molar refractivity (Wildman–Crippen MR) is 75.9 cm³/mol. The van der Waals surface area contributed by atoms with Crippen LogP contribution < -0.4 is 10.1 Å². The molecule has 1 aromatic rings. The largest absolute Gasteiger partial charge is 0.494 e. The van der Waals surface area contributed by atoms with Crippen molar-refractivity contribution in [3.05, 3.63) is 29.8 Å². The Kier molecular flexibility index (Phi) is 5.06. The molecule has 2 unspecified atom stereocenters. The van der Waals surface area contributed by atoms with Gasteiger partial charge in [0.15, 0.2) is 0 Å². The lowest BCUT2D eigenvalue weighted by Gasteiger charge is -2.17. The summed E-state index contributed by atoms with van der Waals surface area (Å²) in [5, 5.41) is 3.67. The Balaban J connectivity index is 1.79. The van der Waals surface area contributed by atoms with Crippen LogP contribution in [0.2, 0.25) is 0 Å². The Labute approximate surface area is 111 Å². The Morgan fingerprint density at radius 2 is 2.00 bits per heavy atom. The monoisotopic (exact) mass is 247 g/mol. The van der Waals surface area contributed by atoms with Gasteiger partial charge in [-0.3, -0.25) is 0 Å².